The summed E-state index contributed by atoms with van der Waals surface area (Å²) in [7, 11) is 0. The van der Waals surface area contributed by atoms with Gasteiger partial charge in [-0.2, -0.15) is 0 Å². The zero-order valence-electron chi connectivity index (χ0n) is 14.6. The highest BCUT2D eigenvalue weighted by Gasteiger charge is 2.26. The van der Waals surface area contributed by atoms with Crippen LogP contribution in [0, 0.1) is 6.92 Å². The molecule has 3 aromatic rings. The number of rotatable bonds is 6. The molecule has 1 amide bonds. The zero-order valence-corrected chi connectivity index (χ0v) is 16.2. The third kappa shape index (κ3) is 3.64. The largest absolute Gasteiger partial charge is 0.494 e. The molecule has 134 valence electrons. The van der Waals surface area contributed by atoms with E-state index in [1.165, 1.54) is 35.5 Å². The van der Waals surface area contributed by atoms with Crippen LogP contribution in [0.5, 0.6) is 5.75 Å². The first-order valence-electron chi connectivity index (χ1n) is 8.61. The molecule has 1 aliphatic carbocycles. The second-order valence-corrected chi connectivity index (χ2v) is 8.05. The molecule has 5 nitrogen and oxygen atoms in total. The van der Waals surface area contributed by atoms with Crippen molar-refractivity contribution in [1.29, 1.82) is 0 Å². The number of aromatic nitrogens is 2. The van der Waals surface area contributed by atoms with Crippen molar-refractivity contribution in [2.24, 2.45) is 0 Å². The van der Waals surface area contributed by atoms with Crippen molar-refractivity contribution in [3.8, 4) is 16.3 Å². The predicted molar refractivity (Wildman–Crippen MR) is 105 cm³/mol. The van der Waals surface area contributed by atoms with Crippen LogP contribution >= 0.6 is 22.7 Å². The minimum atomic E-state index is -0.145. The Hall–Kier alpha value is -2.25. The highest BCUT2D eigenvalue weighted by atomic mass is 32.1. The number of aryl methyl sites for hydroxylation is 1. The van der Waals surface area contributed by atoms with Crippen molar-refractivity contribution in [3.63, 3.8) is 0 Å². The first-order chi connectivity index (χ1) is 12.6. The second kappa shape index (κ2) is 7.17. The van der Waals surface area contributed by atoms with Gasteiger partial charge in [-0.15, -0.1) is 22.7 Å². The fraction of sp³-hybridized carbons (Fsp3) is 0.316. The molecular formula is C19H19N3O2S2. The van der Waals surface area contributed by atoms with Crippen molar-refractivity contribution < 1.29 is 9.53 Å². The van der Waals surface area contributed by atoms with Gasteiger partial charge in [-0.05, 0) is 51.0 Å². The van der Waals surface area contributed by atoms with E-state index in [1.807, 2.05) is 43.5 Å². The summed E-state index contributed by atoms with van der Waals surface area (Å²) in [6, 6.07) is 7.77. The molecule has 0 aliphatic heterocycles. The number of anilines is 1. The second-order valence-electron chi connectivity index (χ2n) is 6.20. The van der Waals surface area contributed by atoms with Crippen LogP contribution in [-0.2, 0) is 0 Å². The first-order valence-corrected chi connectivity index (χ1v) is 10.3. The molecule has 0 saturated heterocycles. The Bertz CT molecular complexity index is 927. The van der Waals surface area contributed by atoms with Crippen LogP contribution in [0.4, 0.5) is 5.13 Å². The van der Waals surface area contributed by atoms with Crippen molar-refractivity contribution in [2.45, 2.75) is 32.6 Å². The first kappa shape index (κ1) is 17.2. The minimum absolute atomic E-state index is 0.145. The molecule has 1 aliphatic rings. The van der Waals surface area contributed by atoms with Gasteiger partial charge in [0.05, 0.1) is 18.0 Å². The summed E-state index contributed by atoms with van der Waals surface area (Å²) in [6.45, 7) is 4.46. The molecule has 7 heteroatoms. The van der Waals surface area contributed by atoms with Gasteiger partial charge in [0.2, 0.25) is 0 Å². The van der Waals surface area contributed by atoms with E-state index in [-0.39, 0.29) is 5.91 Å². The van der Waals surface area contributed by atoms with Crippen LogP contribution in [0.25, 0.3) is 10.6 Å². The standard InChI is InChI=1S/C19H19N3O2S2/c1-3-24-14-8-6-13(7-9-14)18-20-11(2)16(26-18)17(23)22-19-21-15(10-25-19)12-4-5-12/h6-10,12H,3-5H2,1-2H3,(H,21,22,23). The van der Waals surface area contributed by atoms with Gasteiger partial charge < -0.3 is 4.74 Å². The van der Waals surface area contributed by atoms with Crippen molar-refractivity contribution in [1.82, 2.24) is 9.97 Å². The van der Waals surface area contributed by atoms with Crippen LogP contribution in [0.2, 0.25) is 0 Å². The van der Waals surface area contributed by atoms with E-state index in [2.05, 4.69) is 15.3 Å². The summed E-state index contributed by atoms with van der Waals surface area (Å²) in [6.07, 6.45) is 2.41. The number of ether oxygens (including phenoxy) is 1. The summed E-state index contributed by atoms with van der Waals surface area (Å²) in [4.78, 5) is 22.3. The number of carbonyl (C=O) groups is 1. The van der Waals surface area contributed by atoms with E-state index in [0.717, 1.165) is 27.7 Å². The van der Waals surface area contributed by atoms with E-state index in [9.17, 15) is 4.79 Å². The number of nitrogens with zero attached hydrogens (tertiary/aromatic N) is 2. The Morgan fingerprint density at radius 2 is 2.04 bits per heavy atom. The molecule has 2 aromatic heterocycles. The lowest BCUT2D eigenvalue weighted by molar-refractivity contribution is 0.103. The van der Waals surface area contributed by atoms with E-state index in [4.69, 9.17) is 4.74 Å². The summed E-state index contributed by atoms with van der Waals surface area (Å²) >= 11 is 2.88. The Labute approximate surface area is 160 Å². The fourth-order valence-electron chi connectivity index (χ4n) is 2.66. The molecule has 0 atom stereocenters. The molecule has 0 bridgehead atoms. The number of amides is 1. The van der Waals surface area contributed by atoms with Crippen LogP contribution < -0.4 is 10.1 Å². The van der Waals surface area contributed by atoms with E-state index < -0.39 is 0 Å². The molecule has 0 spiro atoms. The molecule has 2 heterocycles. The molecule has 1 fully saturated rings. The molecule has 4 rings (SSSR count). The molecular weight excluding hydrogens is 366 g/mol. The summed E-state index contributed by atoms with van der Waals surface area (Å²) in [5.74, 6) is 1.28. The monoisotopic (exact) mass is 385 g/mol. The number of hydrogen-bond donors (Lipinski definition) is 1. The van der Waals surface area contributed by atoms with Crippen LogP contribution in [0.15, 0.2) is 29.6 Å². The Morgan fingerprint density at radius 3 is 2.73 bits per heavy atom. The Morgan fingerprint density at radius 1 is 1.27 bits per heavy atom. The van der Waals surface area contributed by atoms with Crippen molar-refractivity contribution >= 4 is 33.7 Å². The molecule has 1 aromatic carbocycles. The Kier molecular flexibility index (Phi) is 4.74. The highest BCUT2D eigenvalue weighted by Crippen LogP contribution is 2.41. The quantitative estimate of drug-likeness (QED) is 0.641. The van der Waals surface area contributed by atoms with Crippen LogP contribution in [0.1, 0.15) is 46.7 Å². The van der Waals surface area contributed by atoms with Crippen molar-refractivity contribution in [2.75, 3.05) is 11.9 Å². The number of carbonyl (C=O) groups excluding carboxylic acids is 1. The van der Waals surface area contributed by atoms with Gasteiger partial charge in [0.1, 0.15) is 15.6 Å². The lowest BCUT2D eigenvalue weighted by atomic mass is 10.2. The van der Waals surface area contributed by atoms with Crippen molar-refractivity contribution in [3.05, 3.63) is 45.9 Å². The minimum Gasteiger partial charge on any atom is -0.494 e. The average molecular weight is 386 g/mol. The van der Waals surface area contributed by atoms with Gasteiger partial charge >= 0.3 is 0 Å². The van der Waals surface area contributed by atoms with Gasteiger partial charge in [-0.3, -0.25) is 10.1 Å². The summed E-state index contributed by atoms with van der Waals surface area (Å²) < 4.78 is 5.47. The molecule has 1 N–H and O–H groups in total. The van der Waals surface area contributed by atoms with E-state index in [0.29, 0.717) is 22.5 Å². The SMILES string of the molecule is CCOc1ccc(-c2nc(C)c(C(=O)Nc3nc(C4CC4)cs3)s2)cc1. The maximum absolute atomic E-state index is 12.6. The number of nitrogens with one attached hydrogen (secondary N) is 1. The summed E-state index contributed by atoms with van der Waals surface area (Å²) in [5.41, 5.74) is 2.81. The summed E-state index contributed by atoms with van der Waals surface area (Å²) in [5, 5.41) is 6.44. The van der Waals surface area contributed by atoms with E-state index in [1.54, 1.807) is 0 Å². The highest BCUT2D eigenvalue weighted by molar-refractivity contribution is 7.17. The molecule has 1 saturated carbocycles. The lowest BCUT2D eigenvalue weighted by Crippen LogP contribution is -2.11. The third-order valence-corrected chi connectivity index (χ3v) is 6.13. The van der Waals surface area contributed by atoms with Crippen LogP contribution in [-0.4, -0.2) is 22.5 Å². The average Bonchev–Trinajstić information content (AvgIpc) is 3.26. The third-order valence-electron chi connectivity index (χ3n) is 4.15. The predicted octanol–water partition coefficient (Wildman–Crippen LogP) is 5.10. The normalized spacial score (nSPS) is 13.6. The van der Waals surface area contributed by atoms with Gasteiger partial charge in [-0.25, -0.2) is 9.97 Å². The van der Waals surface area contributed by atoms with Gasteiger partial charge in [-0.1, -0.05) is 0 Å². The molecule has 0 unspecified atom stereocenters. The Balaban J connectivity index is 1.50. The number of hydrogen-bond acceptors (Lipinski definition) is 6. The zero-order chi connectivity index (χ0) is 18.1. The van der Waals surface area contributed by atoms with E-state index >= 15 is 0 Å². The van der Waals surface area contributed by atoms with Gasteiger partial charge in [0.15, 0.2) is 5.13 Å². The topological polar surface area (TPSA) is 64.1 Å². The number of thiazole rings is 2. The maximum atomic E-state index is 12.6. The number of benzene rings is 1. The molecule has 0 radical (unpaired) electrons. The lowest BCUT2D eigenvalue weighted by Gasteiger charge is -2.02. The molecule has 26 heavy (non-hydrogen) atoms. The van der Waals surface area contributed by atoms with Gasteiger partial charge in [0, 0.05) is 16.9 Å². The maximum Gasteiger partial charge on any atom is 0.269 e. The van der Waals surface area contributed by atoms with Crippen LogP contribution in [0.3, 0.4) is 0 Å². The fourth-order valence-corrected chi connectivity index (χ4v) is 4.41. The van der Waals surface area contributed by atoms with Gasteiger partial charge in [0.25, 0.3) is 5.91 Å². The smallest absolute Gasteiger partial charge is 0.269 e.